The molecule has 0 aliphatic rings. The number of nitrogens with zero attached hydrogens (tertiary/aromatic N) is 1. The molecule has 0 fully saturated rings. The third-order valence-corrected chi connectivity index (χ3v) is 2.39. The van der Waals surface area contributed by atoms with E-state index in [-0.39, 0.29) is 10.5 Å². The monoisotopic (exact) mass is 244 g/mol. The van der Waals surface area contributed by atoms with E-state index in [4.69, 9.17) is 12.2 Å². The van der Waals surface area contributed by atoms with Gasteiger partial charge in [0.05, 0.1) is 5.69 Å². The maximum absolute atomic E-state index is 13.4. The molecule has 6 heteroatoms. The summed E-state index contributed by atoms with van der Waals surface area (Å²) >= 11 is 4.92. The van der Waals surface area contributed by atoms with E-state index < -0.39 is 17.5 Å². The van der Waals surface area contributed by atoms with E-state index in [1.165, 1.54) is 10.8 Å². The molecule has 0 radical (unpaired) electrons. The van der Waals surface area contributed by atoms with Gasteiger partial charge in [-0.2, -0.15) is 0 Å². The first-order valence-electron chi connectivity index (χ1n) is 4.42. The summed E-state index contributed by atoms with van der Waals surface area (Å²) in [6.45, 7) is 1.73. The van der Waals surface area contributed by atoms with Crippen molar-refractivity contribution >= 4 is 12.2 Å². The lowest BCUT2D eigenvalue weighted by Crippen LogP contribution is -1.99. The Hall–Kier alpha value is -1.56. The van der Waals surface area contributed by atoms with Crippen molar-refractivity contribution < 1.29 is 13.2 Å². The van der Waals surface area contributed by atoms with Gasteiger partial charge in [0.15, 0.2) is 16.4 Å². The number of aromatic nitrogens is 2. The highest BCUT2D eigenvalue weighted by atomic mass is 32.1. The number of benzene rings is 1. The third-order valence-electron chi connectivity index (χ3n) is 2.09. The van der Waals surface area contributed by atoms with Gasteiger partial charge in [-0.05, 0) is 19.1 Å². The second kappa shape index (κ2) is 3.79. The molecule has 2 nitrogen and oxygen atoms in total. The molecule has 2 rings (SSSR count). The SMILES string of the molecule is Cc1cn(-c2cc(F)c(F)cc2F)c(=S)[nH]1. The molecule has 84 valence electrons. The quantitative estimate of drug-likeness (QED) is 0.603. The molecule has 0 aliphatic carbocycles. The molecule has 1 aromatic heterocycles. The van der Waals surface area contributed by atoms with Crippen LogP contribution in [-0.2, 0) is 0 Å². The van der Waals surface area contributed by atoms with Crippen molar-refractivity contribution in [3.05, 3.63) is 46.2 Å². The fourth-order valence-electron chi connectivity index (χ4n) is 1.39. The predicted molar refractivity (Wildman–Crippen MR) is 55.6 cm³/mol. The lowest BCUT2D eigenvalue weighted by atomic mass is 10.3. The summed E-state index contributed by atoms with van der Waals surface area (Å²) in [4.78, 5) is 2.76. The Balaban J connectivity index is 2.69. The van der Waals surface area contributed by atoms with Crippen LogP contribution in [0.15, 0.2) is 18.3 Å². The van der Waals surface area contributed by atoms with Crippen LogP contribution in [0, 0.1) is 29.1 Å². The fourth-order valence-corrected chi connectivity index (χ4v) is 1.70. The molecule has 1 N–H and O–H groups in total. The first kappa shape index (κ1) is 10.9. The van der Waals surface area contributed by atoms with E-state index >= 15 is 0 Å². The van der Waals surface area contributed by atoms with Crippen LogP contribution in [0.3, 0.4) is 0 Å². The Kier molecular flexibility index (Phi) is 2.59. The number of aromatic amines is 1. The number of hydrogen-bond acceptors (Lipinski definition) is 1. The molecular weight excluding hydrogens is 237 g/mol. The van der Waals surface area contributed by atoms with Crippen LogP contribution in [0.5, 0.6) is 0 Å². The van der Waals surface area contributed by atoms with Crippen molar-refractivity contribution in [2.24, 2.45) is 0 Å². The molecule has 0 unspecified atom stereocenters. The van der Waals surface area contributed by atoms with Gasteiger partial charge >= 0.3 is 0 Å². The fraction of sp³-hybridized carbons (Fsp3) is 0.100. The van der Waals surface area contributed by atoms with Crippen LogP contribution in [0.25, 0.3) is 5.69 Å². The minimum absolute atomic E-state index is 0.117. The van der Waals surface area contributed by atoms with E-state index in [1.54, 1.807) is 6.92 Å². The van der Waals surface area contributed by atoms with E-state index in [2.05, 4.69) is 4.98 Å². The number of rotatable bonds is 1. The summed E-state index contributed by atoms with van der Waals surface area (Å²) in [5.41, 5.74) is 0.586. The number of hydrogen-bond donors (Lipinski definition) is 1. The van der Waals surface area contributed by atoms with E-state index in [9.17, 15) is 13.2 Å². The van der Waals surface area contributed by atoms with Gasteiger partial charge in [-0.25, -0.2) is 13.2 Å². The summed E-state index contributed by atoms with van der Waals surface area (Å²) in [5, 5.41) is 0. The average Bonchev–Trinajstić information content (AvgIpc) is 2.51. The number of nitrogens with one attached hydrogen (secondary N) is 1. The highest BCUT2D eigenvalue weighted by molar-refractivity contribution is 7.71. The molecule has 1 heterocycles. The molecule has 0 bridgehead atoms. The Bertz CT molecular complexity index is 601. The molecule has 0 spiro atoms. The number of halogens is 3. The van der Waals surface area contributed by atoms with Gasteiger partial charge in [0.1, 0.15) is 5.82 Å². The highest BCUT2D eigenvalue weighted by Gasteiger charge is 2.12. The number of H-pyrrole nitrogens is 1. The van der Waals surface area contributed by atoms with Gasteiger partial charge in [0, 0.05) is 24.0 Å². The molecule has 1 aromatic carbocycles. The molecule has 0 saturated heterocycles. The van der Waals surface area contributed by atoms with Crippen LogP contribution < -0.4 is 0 Å². The van der Waals surface area contributed by atoms with Crippen molar-refractivity contribution in [1.29, 1.82) is 0 Å². The maximum atomic E-state index is 13.4. The summed E-state index contributed by atoms with van der Waals surface area (Å²) in [5.74, 6) is -3.20. The van der Waals surface area contributed by atoms with Gasteiger partial charge in [-0.1, -0.05) is 0 Å². The van der Waals surface area contributed by atoms with Crippen LogP contribution in [0.4, 0.5) is 13.2 Å². The van der Waals surface area contributed by atoms with Crippen LogP contribution in [0.2, 0.25) is 0 Å². The molecule has 0 amide bonds. The van der Waals surface area contributed by atoms with Gasteiger partial charge in [-0.15, -0.1) is 0 Å². The zero-order valence-electron chi connectivity index (χ0n) is 8.22. The van der Waals surface area contributed by atoms with Crippen LogP contribution in [0.1, 0.15) is 5.69 Å². The number of aryl methyl sites for hydroxylation is 1. The second-order valence-corrected chi connectivity index (χ2v) is 3.72. The number of imidazole rings is 1. The molecule has 0 saturated carbocycles. The normalized spacial score (nSPS) is 10.8. The smallest absolute Gasteiger partial charge is 0.182 e. The topological polar surface area (TPSA) is 20.7 Å². The maximum Gasteiger partial charge on any atom is 0.182 e. The van der Waals surface area contributed by atoms with E-state index in [0.717, 1.165) is 6.07 Å². The Morgan fingerprint density at radius 2 is 1.75 bits per heavy atom. The lowest BCUT2D eigenvalue weighted by Gasteiger charge is -2.04. The first-order valence-corrected chi connectivity index (χ1v) is 4.83. The zero-order valence-corrected chi connectivity index (χ0v) is 9.04. The minimum atomic E-state index is -1.22. The molecular formula is C10H7F3N2S. The first-order chi connectivity index (χ1) is 7.49. The van der Waals surface area contributed by atoms with Gasteiger partial charge in [-0.3, -0.25) is 4.57 Å². The molecule has 2 aromatic rings. The zero-order chi connectivity index (χ0) is 11.9. The third kappa shape index (κ3) is 1.76. The Morgan fingerprint density at radius 1 is 1.12 bits per heavy atom. The minimum Gasteiger partial charge on any atom is -0.335 e. The molecule has 16 heavy (non-hydrogen) atoms. The standard InChI is InChI=1S/C10H7F3N2S/c1-5-4-15(10(16)14-5)9-3-7(12)6(11)2-8(9)13/h2-4H,1H3,(H,14,16). The van der Waals surface area contributed by atoms with Crippen molar-refractivity contribution in [3.8, 4) is 5.69 Å². The van der Waals surface area contributed by atoms with E-state index in [1.807, 2.05) is 0 Å². The highest BCUT2D eigenvalue weighted by Crippen LogP contribution is 2.18. The second-order valence-electron chi connectivity index (χ2n) is 3.33. The van der Waals surface area contributed by atoms with Crippen molar-refractivity contribution in [2.45, 2.75) is 6.92 Å². The van der Waals surface area contributed by atoms with Gasteiger partial charge in [0.25, 0.3) is 0 Å². The molecule has 0 atom stereocenters. The van der Waals surface area contributed by atoms with Gasteiger partial charge < -0.3 is 4.98 Å². The van der Waals surface area contributed by atoms with Crippen LogP contribution in [-0.4, -0.2) is 9.55 Å². The van der Waals surface area contributed by atoms with Crippen molar-refractivity contribution in [1.82, 2.24) is 9.55 Å². The lowest BCUT2D eigenvalue weighted by molar-refractivity contribution is 0.492. The Labute approximate surface area is 94.3 Å². The molecule has 0 aliphatic heterocycles. The summed E-state index contributed by atoms with van der Waals surface area (Å²) in [6, 6.07) is 1.27. The average molecular weight is 244 g/mol. The van der Waals surface area contributed by atoms with Crippen molar-refractivity contribution in [2.75, 3.05) is 0 Å². The summed E-state index contributed by atoms with van der Waals surface area (Å²) in [6.07, 6.45) is 1.51. The summed E-state index contributed by atoms with van der Waals surface area (Å²) < 4.78 is 40.6. The predicted octanol–water partition coefficient (Wildman–Crippen LogP) is 3.26. The van der Waals surface area contributed by atoms with Crippen LogP contribution >= 0.6 is 12.2 Å². The Morgan fingerprint density at radius 3 is 2.31 bits per heavy atom. The van der Waals surface area contributed by atoms with Gasteiger partial charge in [0.2, 0.25) is 0 Å². The summed E-state index contributed by atoms with van der Waals surface area (Å²) in [7, 11) is 0. The van der Waals surface area contributed by atoms with E-state index in [0.29, 0.717) is 11.8 Å². The largest absolute Gasteiger partial charge is 0.335 e. The van der Waals surface area contributed by atoms with Crippen molar-refractivity contribution in [3.63, 3.8) is 0 Å².